The summed E-state index contributed by atoms with van der Waals surface area (Å²) >= 11 is 0. The Balaban J connectivity index is 1.85. The molecular formula is C16H22N2O. The first-order chi connectivity index (χ1) is 9.18. The predicted molar refractivity (Wildman–Crippen MR) is 77.3 cm³/mol. The van der Waals surface area contributed by atoms with Crippen molar-refractivity contribution in [2.75, 3.05) is 11.9 Å². The van der Waals surface area contributed by atoms with Crippen LogP contribution in [-0.2, 0) is 4.79 Å². The molecule has 102 valence electrons. The molecule has 1 saturated heterocycles. The molecule has 1 aromatic rings. The van der Waals surface area contributed by atoms with Crippen LogP contribution in [0.1, 0.15) is 44.6 Å². The first-order valence-electron chi connectivity index (χ1n) is 7.33. The number of amides is 1. The summed E-state index contributed by atoms with van der Waals surface area (Å²) in [6, 6.07) is 8.94. The number of anilines is 1. The summed E-state index contributed by atoms with van der Waals surface area (Å²) < 4.78 is 0. The van der Waals surface area contributed by atoms with Gasteiger partial charge in [0, 0.05) is 24.3 Å². The van der Waals surface area contributed by atoms with E-state index in [1.165, 1.54) is 6.42 Å². The van der Waals surface area contributed by atoms with Crippen molar-refractivity contribution in [3.8, 4) is 0 Å². The fourth-order valence-corrected chi connectivity index (χ4v) is 3.54. The number of rotatable bonds is 1. The van der Waals surface area contributed by atoms with Crippen molar-refractivity contribution >= 4 is 11.6 Å². The normalized spacial score (nSPS) is 29.8. The lowest BCUT2D eigenvalue weighted by atomic mass is 9.93. The van der Waals surface area contributed by atoms with Gasteiger partial charge in [-0.2, -0.15) is 0 Å². The van der Waals surface area contributed by atoms with Gasteiger partial charge in [0.25, 0.3) is 0 Å². The van der Waals surface area contributed by atoms with E-state index in [0.29, 0.717) is 18.0 Å². The minimum Gasteiger partial charge on any atom is -0.384 e. The molecule has 19 heavy (non-hydrogen) atoms. The highest BCUT2D eigenvalue weighted by atomic mass is 16.2. The highest BCUT2D eigenvalue weighted by molar-refractivity contribution is 5.88. The number of nitrogens with one attached hydrogen (secondary N) is 1. The Morgan fingerprint density at radius 1 is 1.21 bits per heavy atom. The minimum atomic E-state index is -0.000741. The second-order valence-electron chi connectivity index (χ2n) is 5.90. The van der Waals surface area contributed by atoms with E-state index < -0.39 is 0 Å². The molecule has 3 atom stereocenters. The van der Waals surface area contributed by atoms with Crippen LogP contribution in [-0.4, -0.2) is 29.4 Å². The molecule has 2 aliphatic rings. The molecule has 0 saturated carbocycles. The van der Waals surface area contributed by atoms with Crippen LogP contribution in [0.15, 0.2) is 24.3 Å². The lowest BCUT2D eigenvalue weighted by Crippen LogP contribution is -2.49. The van der Waals surface area contributed by atoms with E-state index in [1.807, 2.05) is 12.1 Å². The zero-order valence-electron chi connectivity index (χ0n) is 11.7. The number of piperidine rings is 1. The molecule has 3 rings (SSSR count). The lowest BCUT2D eigenvalue weighted by Gasteiger charge is -2.40. The van der Waals surface area contributed by atoms with Gasteiger partial charge in [-0.1, -0.05) is 18.2 Å². The number of hydrogen-bond donors (Lipinski definition) is 1. The Kier molecular flexibility index (Phi) is 3.21. The summed E-state index contributed by atoms with van der Waals surface area (Å²) in [6.07, 6.45) is 3.52. The van der Waals surface area contributed by atoms with Crippen molar-refractivity contribution < 1.29 is 4.79 Å². The van der Waals surface area contributed by atoms with Gasteiger partial charge in [-0.3, -0.25) is 4.79 Å². The largest absolute Gasteiger partial charge is 0.384 e. The number of para-hydroxylation sites is 1. The Morgan fingerprint density at radius 3 is 2.63 bits per heavy atom. The van der Waals surface area contributed by atoms with E-state index in [-0.39, 0.29) is 5.92 Å². The fourth-order valence-electron chi connectivity index (χ4n) is 3.54. The summed E-state index contributed by atoms with van der Waals surface area (Å²) in [5, 5.41) is 3.35. The number of carbonyl (C=O) groups is 1. The molecule has 1 aromatic carbocycles. The number of benzene rings is 1. The van der Waals surface area contributed by atoms with Crippen LogP contribution >= 0.6 is 0 Å². The maximum Gasteiger partial charge on any atom is 0.232 e. The van der Waals surface area contributed by atoms with E-state index in [0.717, 1.165) is 30.6 Å². The summed E-state index contributed by atoms with van der Waals surface area (Å²) in [6.45, 7) is 5.11. The Labute approximate surface area is 115 Å². The van der Waals surface area contributed by atoms with Crippen molar-refractivity contribution in [2.45, 2.75) is 51.1 Å². The highest BCUT2D eigenvalue weighted by Gasteiger charge is 2.36. The van der Waals surface area contributed by atoms with Crippen LogP contribution in [0.25, 0.3) is 0 Å². The Morgan fingerprint density at radius 2 is 1.89 bits per heavy atom. The molecule has 2 heterocycles. The average Bonchev–Trinajstić information content (AvgIpc) is 2.82. The van der Waals surface area contributed by atoms with Gasteiger partial charge in [0.15, 0.2) is 0 Å². The fraction of sp³-hybridized carbons (Fsp3) is 0.562. The zero-order valence-corrected chi connectivity index (χ0v) is 11.7. The third-order valence-corrected chi connectivity index (χ3v) is 4.58. The van der Waals surface area contributed by atoms with Gasteiger partial charge in [0.2, 0.25) is 5.91 Å². The van der Waals surface area contributed by atoms with Gasteiger partial charge in [0.1, 0.15) is 0 Å². The predicted octanol–water partition coefficient (Wildman–Crippen LogP) is 2.99. The molecule has 0 aromatic heterocycles. The maximum atomic E-state index is 12.9. The van der Waals surface area contributed by atoms with Gasteiger partial charge in [-0.05, 0) is 44.7 Å². The third-order valence-electron chi connectivity index (χ3n) is 4.58. The van der Waals surface area contributed by atoms with Crippen LogP contribution in [0.2, 0.25) is 0 Å². The number of likely N-dealkylation sites (tertiary alicyclic amines) is 1. The van der Waals surface area contributed by atoms with Crippen LogP contribution < -0.4 is 5.32 Å². The van der Waals surface area contributed by atoms with E-state index in [2.05, 4.69) is 36.2 Å². The molecule has 1 N–H and O–H groups in total. The highest BCUT2D eigenvalue weighted by Crippen LogP contribution is 2.35. The SMILES string of the molecule is CC1CCCC(C)N1C(=O)C1CNc2ccccc21. The van der Waals surface area contributed by atoms with Gasteiger partial charge >= 0.3 is 0 Å². The average molecular weight is 258 g/mol. The first-order valence-corrected chi connectivity index (χ1v) is 7.33. The van der Waals surface area contributed by atoms with Crippen molar-refractivity contribution in [1.29, 1.82) is 0 Å². The van der Waals surface area contributed by atoms with E-state index in [9.17, 15) is 4.79 Å². The molecular weight excluding hydrogens is 236 g/mol. The van der Waals surface area contributed by atoms with Crippen molar-refractivity contribution in [1.82, 2.24) is 4.90 Å². The van der Waals surface area contributed by atoms with Gasteiger partial charge in [-0.25, -0.2) is 0 Å². The standard InChI is InChI=1S/C16H22N2O/c1-11-6-5-7-12(2)18(11)16(19)14-10-17-15-9-4-3-8-13(14)15/h3-4,8-9,11-12,14,17H,5-7,10H2,1-2H3. The topological polar surface area (TPSA) is 32.3 Å². The quantitative estimate of drug-likeness (QED) is 0.840. The van der Waals surface area contributed by atoms with Gasteiger partial charge < -0.3 is 10.2 Å². The summed E-state index contributed by atoms with van der Waals surface area (Å²) in [7, 11) is 0. The van der Waals surface area contributed by atoms with Crippen molar-refractivity contribution in [3.05, 3.63) is 29.8 Å². The van der Waals surface area contributed by atoms with Crippen LogP contribution in [0.4, 0.5) is 5.69 Å². The second kappa shape index (κ2) is 4.87. The molecule has 3 unspecified atom stereocenters. The van der Waals surface area contributed by atoms with Crippen LogP contribution in [0.5, 0.6) is 0 Å². The monoisotopic (exact) mass is 258 g/mol. The van der Waals surface area contributed by atoms with E-state index in [1.54, 1.807) is 0 Å². The molecule has 0 radical (unpaired) electrons. The Bertz CT molecular complexity index is 475. The lowest BCUT2D eigenvalue weighted by molar-refractivity contribution is -0.138. The maximum absolute atomic E-state index is 12.9. The van der Waals surface area contributed by atoms with Gasteiger partial charge in [-0.15, -0.1) is 0 Å². The van der Waals surface area contributed by atoms with Crippen molar-refractivity contribution in [3.63, 3.8) is 0 Å². The molecule has 3 nitrogen and oxygen atoms in total. The van der Waals surface area contributed by atoms with E-state index >= 15 is 0 Å². The van der Waals surface area contributed by atoms with Crippen molar-refractivity contribution in [2.24, 2.45) is 0 Å². The number of hydrogen-bond acceptors (Lipinski definition) is 2. The summed E-state index contributed by atoms with van der Waals surface area (Å²) in [5.74, 6) is 0.302. The molecule has 0 spiro atoms. The van der Waals surface area contributed by atoms with Crippen LogP contribution in [0, 0.1) is 0 Å². The molecule has 1 fully saturated rings. The molecule has 0 aliphatic carbocycles. The van der Waals surface area contributed by atoms with Gasteiger partial charge in [0.05, 0.1) is 5.92 Å². The molecule has 1 amide bonds. The number of nitrogens with zero attached hydrogens (tertiary/aromatic N) is 1. The van der Waals surface area contributed by atoms with E-state index in [4.69, 9.17) is 0 Å². The second-order valence-corrected chi connectivity index (χ2v) is 5.90. The smallest absolute Gasteiger partial charge is 0.232 e. The summed E-state index contributed by atoms with van der Waals surface area (Å²) in [4.78, 5) is 15.0. The van der Waals surface area contributed by atoms with Crippen LogP contribution in [0.3, 0.4) is 0 Å². The molecule has 2 aliphatic heterocycles. The Hall–Kier alpha value is -1.51. The zero-order chi connectivity index (χ0) is 13.4. The third kappa shape index (κ3) is 2.11. The minimum absolute atomic E-state index is 0.000741. The summed E-state index contributed by atoms with van der Waals surface area (Å²) in [5.41, 5.74) is 2.29. The number of fused-ring (bicyclic) bond motifs is 1. The first kappa shape index (κ1) is 12.5. The molecule has 0 bridgehead atoms. The number of carbonyl (C=O) groups excluding carboxylic acids is 1. The molecule has 3 heteroatoms.